The summed E-state index contributed by atoms with van der Waals surface area (Å²) in [6.45, 7) is 6.04. The molecule has 22 heavy (non-hydrogen) atoms. The number of hydrogen-bond donors (Lipinski definition) is 2. The Kier molecular flexibility index (Phi) is 9.63. The molecule has 0 aromatic heterocycles. The lowest BCUT2D eigenvalue weighted by Crippen LogP contribution is -2.42. The molecule has 0 heterocycles. The number of hydrogen-bond acceptors (Lipinski definition) is 2. The fraction of sp³-hybridized carbons (Fsp3) is 0.471. The van der Waals surface area contributed by atoms with Crippen LogP contribution in [-0.2, 0) is 0 Å². The van der Waals surface area contributed by atoms with E-state index in [9.17, 15) is 0 Å². The van der Waals surface area contributed by atoms with E-state index in [1.165, 1.54) is 4.90 Å². The maximum atomic E-state index is 4.72. The van der Waals surface area contributed by atoms with Gasteiger partial charge in [-0.05, 0) is 31.9 Å². The first-order valence-electron chi connectivity index (χ1n) is 7.69. The third kappa shape index (κ3) is 7.05. The molecule has 1 aliphatic carbocycles. The van der Waals surface area contributed by atoms with Gasteiger partial charge in [-0.15, -0.1) is 35.7 Å². The lowest BCUT2D eigenvalue weighted by Gasteiger charge is -2.17. The van der Waals surface area contributed by atoms with E-state index in [1.807, 2.05) is 11.8 Å². The van der Waals surface area contributed by atoms with Gasteiger partial charge >= 0.3 is 0 Å². The lowest BCUT2D eigenvalue weighted by molar-refractivity contribution is 0.633. The largest absolute Gasteiger partial charge is 0.357 e. The van der Waals surface area contributed by atoms with Gasteiger partial charge in [-0.2, -0.15) is 0 Å². The first-order chi connectivity index (χ1) is 10.3. The Morgan fingerprint density at radius 1 is 1.27 bits per heavy atom. The fourth-order valence-corrected chi connectivity index (χ4v) is 3.16. The Balaban J connectivity index is 0.00000242. The molecule has 2 rings (SSSR count). The Morgan fingerprint density at radius 2 is 1.95 bits per heavy atom. The molecule has 0 radical (unpaired) electrons. The van der Waals surface area contributed by atoms with Crippen molar-refractivity contribution < 1.29 is 0 Å². The van der Waals surface area contributed by atoms with E-state index in [-0.39, 0.29) is 24.0 Å². The summed E-state index contributed by atoms with van der Waals surface area (Å²) >= 11 is 1.87. The highest BCUT2D eigenvalue weighted by atomic mass is 127. The van der Waals surface area contributed by atoms with E-state index in [0.717, 1.165) is 31.9 Å². The summed E-state index contributed by atoms with van der Waals surface area (Å²) in [7, 11) is 0. The summed E-state index contributed by atoms with van der Waals surface area (Å²) in [5.41, 5.74) is 0. The number of benzene rings is 1. The van der Waals surface area contributed by atoms with Crippen LogP contribution in [0.4, 0.5) is 0 Å². The highest BCUT2D eigenvalue weighted by molar-refractivity contribution is 14.0. The van der Waals surface area contributed by atoms with Crippen molar-refractivity contribution in [1.29, 1.82) is 0 Å². The number of nitrogens with zero attached hydrogens (tertiary/aromatic N) is 1. The molecule has 5 heteroatoms. The molecule has 0 aliphatic heterocycles. The van der Waals surface area contributed by atoms with Gasteiger partial charge in [0.25, 0.3) is 0 Å². The van der Waals surface area contributed by atoms with E-state index in [2.05, 4.69) is 67.0 Å². The van der Waals surface area contributed by atoms with E-state index in [4.69, 9.17) is 4.99 Å². The standard InChI is InChI=1S/C17H25N3S.HI/c1-3-18-17(20-15-9-7-8-10-15)19-13-14(2)21-16-11-5-4-6-12-16;/h4-8,11-12,14-15H,3,9-10,13H2,1-2H3,(H2,18,19,20);1H. The molecule has 1 atom stereocenters. The normalized spacial score (nSPS) is 16.2. The van der Waals surface area contributed by atoms with Crippen molar-refractivity contribution in [1.82, 2.24) is 10.6 Å². The highest BCUT2D eigenvalue weighted by Crippen LogP contribution is 2.22. The Bertz CT molecular complexity index is 468. The maximum Gasteiger partial charge on any atom is 0.191 e. The minimum Gasteiger partial charge on any atom is -0.357 e. The van der Waals surface area contributed by atoms with Gasteiger partial charge in [0.2, 0.25) is 0 Å². The molecule has 2 N–H and O–H groups in total. The molecule has 0 spiro atoms. The summed E-state index contributed by atoms with van der Waals surface area (Å²) in [5, 5.41) is 7.30. The van der Waals surface area contributed by atoms with E-state index < -0.39 is 0 Å². The number of aliphatic imine (C=N–C) groups is 1. The van der Waals surface area contributed by atoms with Crippen LogP contribution in [0.2, 0.25) is 0 Å². The van der Waals surface area contributed by atoms with Crippen LogP contribution in [0.15, 0.2) is 52.4 Å². The molecule has 3 nitrogen and oxygen atoms in total. The van der Waals surface area contributed by atoms with Crippen molar-refractivity contribution in [2.75, 3.05) is 13.1 Å². The zero-order valence-corrected chi connectivity index (χ0v) is 16.4. The number of halogens is 1. The van der Waals surface area contributed by atoms with Crippen molar-refractivity contribution in [2.24, 2.45) is 4.99 Å². The van der Waals surface area contributed by atoms with Crippen LogP contribution in [-0.4, -0.2) is 30.3 Å². The molecular weight excluding hydrogens is 405 g/mol. The monoisotopic (exact) mass is 431 g/mol. The predicted molar refractivity (Wildman–Crippen MR) is 108 cm³/mol. The summed E-state index contributed by atoms with van der Waals surface area (Å²) < 4.78 is 0. The zero-order valence-electron chi connectivity index (χ0n) is 13.3. The van der Waals surface area contributed by atoms with E-state index >= 15 is 0 Å². The van der Waals surface area contributed by atoms with Gasteiger partial charge in [0.15, 0.2) is 5.96 Å². The van der Waals surface area contributed by atoms with Crippen LogP contribution in [0.3, 0.4) is 0 Å². The second-order valence-corrected chi connectivity index (χ2v) is 6.76. The van der Waals surface area contributed by atoms with Crippen LogP contribution in [0, 0.1) is 0 Å². The first kappa shape index (κ1) is 19.4. The summed E-state index contributed by atoms with van der Waals surface area (Å²) in [6.07, 6.45) is 6.65. The van der Waals surface area contributed by atoms with Gasteiger partial charge in [-0.3, -0.25) is 4.99 Å². The number of rotatable bonds is 6. The molecule has 0 saturated heterocycles. The first-order valence-corrected chi connectivity index (χ1v) is 8.57. The average molecular weight is 431 g/mol. The summed E-state index contributed by atoms with van der Waals surface area (Å²) in [5.74, 6) is 0.937. The van der Waals surface area contributed by atoms with Gasteiger partial charge in [0.1, 0.15) is 0 Å². The van der Waals surface area contributed by atoms with Crippen LogP contribution in [0.25, 0.3) is 0 Å². The topological polar surface area (TPSA) is 36.4 Å². The summed E-state index contributed by atoms with van der Waals surface area (Å²) in [4.78, 5) is 6.02. The molecular formula is C17H26IN3S. The van der Waals surface area contributed by atoms with Gasteiger partial charge in [-0.25, -0.2) is 0 Å². The van der Waals surface area contributed by atoms with Gasteiger partial charge in [0, 0.05) is 22.7 Å². The third-order valence-electron chi connectivity index (χ3n) is 3.28. The molecule has 1 unspecified atom stereocenters. The SMILES string of the molecule is CCNC(=NCC(C)Sc1ccccc1)NC1CC=CC1.I. The lowest BCUT2D eigenvalue weighted by atomic mass is 10.2. The van der Waals surface area contributed by atoms with Crippen LogP contribution >= 0.6 is 35.7 Å². The Hall–Kier alpha value is -0.690. The molecule has 1 aromatic carbocycles. The van der Waals surface area contributed by atoms with Crippen LogP contribution in [0.5, 0.6) is 0 Å². The summed E-state index contributed by atoms with van der Waals surface area (Å²) in [6, 6.07) is 11.0. The van der Waals surface area contributed by atoms with Crippen molar-refractivity contribution in [3.8, 4) is 0 Å². The average Bonchev–Trinajstić information content (AvgIpc) is 2.99. The van der Waals surface area contributed by atoms with Crippen LogP contribution in [0.1, 0.15) is 26.7 Å². The smallest absolute Gasteiger partial charge is 0.191 e. The zero-order chi connectivity index (χ0) is 14.9. The number of thioether (sulfide) groups is 1. The van der Waals surface area contributed by atoms with Crippen molar-refractivity contribution in [2.45, 2.75) is 42.9 Å². The number of nitrogens with one attached hydrogen (secondary N) is 2. The minimum absolute atomic E-state index is 0. The second-order valence-electron chi connectivity index (χ2n) is 5.25. The maximum absolute atomic E-state index is 4.72. The van der Waals surface area contributed by atoms with Gasteiger partial charge < -0.3 is 10.6 Å². The molecule has 1 aliphatic rings. The van der Waals surface area contributed by atoms with E-state index in [1.54, 1.807) is 0 Å². The van der Waals surface area contributed by atoms with E-state index in [0.29, 0.717) is 11.3 Å². The van der Waals surface area contributed by atoms with Crippen LogP contribution < -0.4 is 10.6 Å². The van der Waals surface area contributed by atoms with Crippen molar-refractivity contribution in [3.05, 3.63) is 42.5 Å². The van der Waals surface area contributed by atoms with Crippen molar-refractivity contribution in [3.63, 3.8) is 0 Å². The quantitative estimate of drug-likeness (QED) is 0.235. The molecule has 1 aromatic rings. The minimum atomic E-state index is 0. The predicted octanol–water partition coefficient (Wildman–Crippen LogP) is 4.06. The van der Waals surface area contributed by atoms with Gasteiger partial charge in [-0.1, -0.05) is 37.3 Å². The molecule has 0 fully saturated rings. The number of guanidine groups is 1. The highest BCUT2D eigenvalue weighted by Gasteiger charge is 2.12. The molecule has 122 valence electrons. The third-order valence-corrected chi connectivity index (χ3v) is 4.38. The molecule has 0 bridgehead atoms. The molecule has 0 saturated carbocycles. The van der Waals surface area contributed by atoms with Gasteiger partial charge in [0.05, 0.1) is 6.54 Å². The Morgan fingerprint density at radius 3 is 2.59 bits per heavy atom. The van der Waals surface area contributed by atoms with Crippen molar-refractivity contribution >= 4 is 41.7 Å². The Labute approximate surface area is 155 Å². The molecule has 0 amide bonds. The fourth-order valence-electron chi connectivity index (χ4n) is 2.24. The second kappa shape index (κ2) is 10.9.